The van der Waals surface area contributed by atoms with Crippen molar-refractivity contribution in [1.29, 1.82) is 0 Å². The van der Waals surface area contributed by atoms with Gasteiger partial charge in [0, 0.05) is 32.7 Å². The van der Waals surface area contributed by atoms with Crippen LogP contribution in [-0.2, 0) is 20.3 Å². The molecule has 0 aromatic carbocycles. The van der Waals surface area contributed by atoms with Gasteiger partial charge in [0.05, 0.1) is 19.9 Å². The van der Waals surface area contributed by atoms with Crippen molar-refractivity contribution in [2.75, 3.05) is 44.5 Å². The van der Waals surface area contributed by atoms with E-state index in [1.54, 1.807) is 25.3 Å². The highest BCUT2D eigenvalue weighted by atomic mass is 31.2. The van der Waals surface area contributed by atoms with Crippen LogP contribution in [0.2, 0.25) is 0 Å². The Hall–Kier alpha value is -3.76. The van der Waals surface area contributed by atoms with Gasteiger partial charge in [-0.05, 0) is 26.0 Å². The smallest absolute Gasteiger partial charge is 0.421 e. The SMILES string of the molecule is CNC(=O)C1C(C)(Nc2nc(NC3(P(=O)([O-])O)CC=C(C)C=C3OC)ncc2C(F)(F)F)C=CC[N+]1(CCCO)c1cn[nH]c1. The van der Waals surface area contributed by atoms with Gasteiger partial charge in [-0.1, -0.05) is 17.7 Å². The van der Waals surface area contributed by atoms with Crippen LogP contribution in [0.4, 0.5) is 30.6 Å². The highest BCUT2D eigenvalue weighted by molar-refractivity contribution is 7.52. The summed E-state index contributed by atoms with van der Waals surface area (Å²) in [6, 6.07) is -1.11. The molecule has 0 radical (unpaired) electrons. The molecule has 14 nitrogen and oxygen atoms in total. The van der Waals surface area contributed by atoms with E-state index in [0.717, 1.165) is 0 Å². The number of aliphatic hydroxyl groups is 1. The number of ether oxygens (including phenoxy) is 1. The lowest BCUT2D eigenvalue weighted by Gasteiger charge is -2.51. The quantitative estimate of drug-likeness (QED) is 0.118. The second kappa shape index (κ2) is 12.6. The summed E-state index contributed by atoms with van der Waals surface area (Å²) < 4.78 is 60.9. The zero-order chi connectivity index (χ0) is 33.3. The third-order valence-electron chi connectivity index (χ3n) is 8.15. The van der Waals surface area contributed by atoms with Gasteiger partial charge in [0.15, 0.2) is 24.6 Å². The zero-order valence-electron chi connectivity index (χ0n) is 25.1. The average molecular weight is 657 g/mol. The summed E-state index contributed by atoms with van der Waals surface area (Å²) in [7, 11) is -2.75. The summed E-state index contributed by atoms with van der Waals surface area (Å²) in [5.74, 6) is -2.05. The summed E-state index contributed by atoms with van der Waals surface area (Å²) in [5.41, 5.74) is -1.63. The number of quaternary nitrogens is 1. The van der Waals surface area contributed by atoms with Gasteiger partial charge in [0.1, 0.15) is 35.4 Å². The topological polar surface area (TPSA) is 197 Å². The first kappa shape index (κ1) is 34.1. The molecule has 5 atom stereocenters. The first-order chi connectivity index (χ1) is 21.1. The number of nitrogens with zero attached hydrogens (tertiary/aromatic N) is 4. The predicted molar refractivity (Wildman–Crippen MR) is 158 cm³/mol. The number of aromatic nitrogens is 4. The van der Waals surface area contributed by atoms with Crippen molar-refractivity contribution in [2.24, 2.45) is 0 Å². The van der Waals surface area contributed by atoms with Gasteiger partial charge in [-0.15, -0.1) is 0 Å². The minimum atomic E-state index is -5.35. The summed E-state index contributed by atoms with van der Waals surface area (Å²) in [6.45, 7) is 3.50. The maximum absolute atomic E-state index is 14.4. The molecule has 45 heavy (non-hydrogen) atoms. The Labute approximate surface area is 257 Å². The van der Waals surface area contributed by atoms with Crippen LogP contribution in [0.1, 0.15) is 32.3 Å². The average Bonchev–Trinajstić information content (AvgIpc) is 3.51. The maximum Gasteiger partial charge on any atom is 0.421 e. The number of hydrogen-bond acceptors (Lipinski definition) is 10. The van der Waals surface area contributed by atoms with E-state index in [9.17, 15) is 37.4 Å². The van der Waals surface area contributed by atoms with Crippen molar-refractivity contribution in [2.45, 2.75) is 49.7 Å². The molecule has 1 amide bonds. The molecular weight excluding hydrogens is 620 g/mol. The maximum atomic E-state index is 14.4. The molecule has 2 aliphatic rings. The van der Waals surface area contributed by atoms with Crippen LogP contribution in [-0.4, -0.2) is 86.8 Å². The Morgan fingerprint density at radius 3 is 2.64 bits per heavy atom. The third-order valence-corrected chi connectivity index (χ3v) is 9.63. The summed E-state index contributed by atoms with van der Waals surface area (Å²) >= 11 is 0. The fourth-order valence-electron chi connectivity index (χ4n) is 6.03. The summed E-state index contributed by atoms with van der Waals surface area (Å²) in [5, 5.41) is 22.0. The monoisotopic (exact) mass is 656 g/mol. The van der Waals surface area contributed by atoms with Gasteiger partial charge >= 0.3 is 6.18 Å². The highest BCUT2D eigenvalue weighted by Gasteiger charge is 2.56. The lowest BCUT2D eigenvalue weighted by Crippen LogP contribution is -2.73. The lowest BCUT2D eigenvalue weighted by atomic mass is 9.83. The number of amides is 1. The zero-order valence-corrected chi connectivity index (χ0v) is 25.9. The number of halogens is 3. The molecule has 0 bridgehead atoms. The number of rotatable bonds is 11. The number of anilines is 2. The molecule has 0 saturated heterocycles. The number of likely N-dealkylation sites (N-methyl/N-ethyl adjacent to an activating group) is 1. The number of H-pyrrole nitrogens is 1. The molecule has 1 aliphatic carbocycles. The van der Waals surface area contributed by atoms with Gasteiger partial charge in [-0.2, -0.15) is 23.3 Å². The highest BCUT2D eigenvalue weighted by Crippen LogP contribution is 2.55. The Bertz CT molecular complexity index is 1550. The molecule has 0 spiro atoms. The molecule has 2 aromatic heterocycles. The number of aliphatic hydroxyl groups excluding tert-OH is 1. The molecule has 3 heterocycles. The Morgan fingerprint density at radius 2 is 2.07 bits per heavy atom. The number of alkyl halides is 3. The third kappa shape index (κ3) is 6.35. The van der Waals surface area contributed by atoms with E-state index in [-0.39, 0.29) is 42.8 Å². The van der Waals surface area contributed by atoms with Crippen molar-refractivity contribution in [1.82, 2.24) is 30.0 Å². The number of nitrogens with one attached hydrogen (secondary N) is 4. The Morgan fingerprint density at radius 1 is 1.33 bits per heavy atom. The fraction of sp³-hybridized carbons (Fsp3) is 0.481. The molecule has 18 heteroatoms. The van der Waals surface area contributed by atoms with E-state index < -0.39 is 53.9 Å². The minimum Gasteiger partial charge on any atom is -0.777 e. The number of carbonyl (C=O) groups is 1. The molecule has 6 N–H and O–H groups in total. The molecule has 2 aromatic rings. The first-order valence-corrected chi connectivity index (χ1v) is 15.5. The molecule has 1 aliphatic heterocycles. The first-order valence-electron chi connectivity index (χ1n) is 13.9. The van der Waals surface area contributed by atoms with Crippen molar-refractivity contribution in [3.8, 4) is 0 Å². The number of carbonyl (C=O) groups excluding carboxylic acids is 1. The number of allylic oxidation sites excluding steroid dienone is 2. The lowest BCUT2D eigenvalue weighted by molar-refractivity contribution is -0.199. The van der Waals surface area contributed by atoms with Crippen LogP contribution < -0.4 is 25.3 Å². The fourth-order valence-corrected chi connectivity index (χ4v) is 7.03. The van der Waals surface area contributed by atoms with Gasteiger partial charge < -0.3 is 40.1 Å². The van der Waals surface area contributed by atoms with E-state index >= 15 is 0 Å². The van der Waals surface area contributed by atoms with Crippen LogP contribution in [0.3, 0.4) is 0 Å². The number of aromatic amines is 1. The van der Waals surface area contributed by atoms with E-state index in [1.807, 2.05) is 0 Å². The Balaban J connectivity index is 1.86. The van der Waals surface area contributed by atoms with Crippen LogP contribution in [0.25, 0.3) is 0 Å². The molecule has 0 fully saturated rings. The number of hydrogen-bond donors (Lipinski definition) is 6. The molecule has 5 unspecified atom stereocenters. The Kier molecular flexibility index (Phi) is 9.52. The largest absolute Gasteiger partial charge is 0.777 e. The summed E-state index contributed by atoms with van der Waals surface area (Å²) in [6.07, 6.45) is 4.68. The molecule has 246 valence electrons. The van der Waals surface area contributed by atoms with Crippen LogP contribution in [0, 0.1) is 0 Å². The van der Waals surface area contributed by atoms with Gasteiger partial charge in [0.2, 0.25) is 5.95 Å². The minimum absolute atomic E-state index is 0.102. The van der Waals surface area contributed by atoms with Crippen molar-refractivity contribution in [3.05, 3.63) is 59.8 Å². The van der Waals surface area contributed by atoms with Crippen LogP contribution in [0.15, 0.2) is 54.2 Å². The van der Waals surface area contributed by atoms with Gasteiger partial charge in [-0.25, -0.2) is 4.98 Å². The van der Waals surface area contributed by atoms with E-state index in [2.05, 4.69) is 36.1 Å². The van der Waals surface area contributed by atoms with Crippen molar-refractivity contribution in [3.63, 3.8) is 0 Å². The van der Waals surface area contributed by atoms with Crippen LogP contribution >= 0.6 is 7.60 Å². The summed E-state index contributed by atoms with van der Waals surface area (Å²) in [4.78, 5) is 44.4. The standard InChI is InChI=1S/C27H36F3N8O6P/c1-17-7-9-26(45(41,42)43,20(13-17)44-4)37-24-32-16-19(27(28,29)30)22(35-24)36-25(2)8-5-10-38(11-6-12-39,18-14-33-34-15-18)21(25)23(40)31-3/h5,7-8,13-16,21,39H,6,9-12H2,1-4H3,(H5-,31,32,33,34,35,36,37,40,41,42,43). The van der Waals surface area contributed by atoms with E-state index in [4.69, 9.17) is 4.74 Å². The molecular formula is C27H36F3N8O6P. The molecule has 0 saturated carbocycles. The van der Waals surface area contributed by atoms with Crippen LogP contribution in [0.5, 0.6) is 0 Å². The van der Waals surface area contributed by atoms with Crippen molar-refractivity contribution >= 4 is 31.0 Å². The van der Waals surface area contributed by atoms with Gasteiger partial charge in [0.25, 0.3) is 5.91 Å². The van der Waals surface area contributed by atoms with E-state index in [0.29, 0.717) is 17.5 Å². The second-order valence-corrected chi connectivity index (χ2v) is 12.9. The normalized spacial score (nSPS) is 28.0. The molecule has 4 rings (SSSR count). The van der Waals surface area contributed by atoms with Gasteiger partial charge in [-0.3, -0.25) is 14.4 Å². The van der Waals surface area contributed by atoms with E-state index in [1.165, 1.54) is 39.4 Å². The number of methoxy groups -OCH3 is 1. The van der Waals surface area contributed by atoms with Crippen molar-refractivity contribution < 1.29 is 42.2 Å². The second-order valence-electron chi connectivity index (χ2n) is 11.1. The predicted octanol–water partition coefficient (Wildman–Crippen LogP) is 2.00.